The van der Waals surface area contributed by atoms with Gasteiger partial charge >= 0.3 is 5.97 Å². The summed E-state index contributed by atoms with van der Waals surface area (Å²) in [5.41, 5.74) is 0.514. The Balaban J connectivity index is 1.86. The smallest absolute Gasteiger partial charge is 0.337 e. The Hall–Kier alpha value is -2.30. The molecule has 0 spiro atoms. The lowest BCUT2D eigenvalue weighted by Gasteiger charge is -2.08. The Morgan fingerprint density at radius 1 is 1.32 bits per heavy atom. The predicted octanol–water partition coefficient (Wildman–Crippen LogP) is 2.06. The van der Waals surface area contributed by atoms with Gasteiger partial charge < -0.3 is 14.0 Å². The minimum Gasteiger partial charge on any atom is -0.492 e. The maximum Gasteiger partial charge on any atom is 0.337 e. The summed E-state index contributed by atoms with van der Waals surface area (Å²) < 4.78 is 12.2. The van der Waals surface area contributed by atoms with E-state index in [1.54, 1.807) is 30.5 Å². The van der Waals surface area contributed by atoms with E-state index in [1.165, 1.54) is 7.11 Å². The Morgan fingerprint density at radius 3 is 2.63 bits per heavy atom. The monoisotopic (exact) mass is 260 g/mol. The quantitative estimate of drug-likeness (QED) is 0.772. The van der Waals surface area contributed by atoms with Gasteiger partial charge in [0.1, 0.15) is 18.2 Å². The SMILES string of the molecule is COC(=O)c1ccc(OCCn2ccnc2C)cc1. The van der Waals surface area contributed by atoms with Gasteiger partial charge in [0.15, 0.2) is 0 Å². The first-order valence-electron chi connectivity index (χ1n) is 5.99. The number of carbonyl (C=O) groups excluding carboxylic acids is 1. The fourth-order valence-corrected chi connectivity index (χ4v) is 1.71. The zero-order valence-corrected chi connectivity index (χ0v) is 11.0. The first-order valence-corrected chi connectivity index (χ1v) is 5.99. The molecule has 19 heavy (non-hydrogen) atoms. The summed E-state index contributed by atoms with van der Waals surface area (Å²) in [6.45, 7) is 3.24. The molecule has 0 unspecified atom stereocenters. The van der Waals surface area contributed by atoms with Crippen LogP contribution in [0.4, 0.5) is 0 Å². The van der Waals surface area contributed by atoms with Gasteiger partial charge in [-0.05, 0) is 31.2 Å². The molecule has 0 fully saturated rings. The van der Waals surface area contributed by atoms with Crippen molar-refractivity contribution in [1.29, 1.82) is 0 Å². The van der Waals surface area contributed by atoms with Crippen molar-refractivity contribution in [2.45, 2.75) is 13.5 Å². The molecular formula is C14H16N2O3. The van der Waals surface area contributed by atoms with Crippen LogP contribution >= 0.6 is 0 Å². The van der Waals surface area contributed by atoms with E-state index in [0.717, 1.165) is 18.1 Å². The third-order valence-corrected chi connectivity index (χ3v) is 2.80. The second-order valence-corrected chi connectivity index (χ2v) is 4.03. The second-order valence-electron chi connectivity index (χ2n) is 4.03. The van der Waals surface area contributed by atoms with Gasteiger partial charge in [-0.3, -0.25) is 0 Å². The van der Waals surface area contributed by atoms with E-state index in [4.69, 9.17) is 4.74 Å². The highest BCUT2D eigenvalue weighted by molar-refractivity contribution is 5.89. The first kappa shape index (κ1) is 13.1. The highest BCUT2D eigenvalue weighted by Gasteiger charge is 2.04. The summed E-state index contributed by atoms with van der Waals surface area (Å²) in [6.07, 6.45) is 3.68. The van der Waals surface area contributed by atoms with E-state index in [1.807, 2.05) is 17.7 Å². The number of carbonyl (C=O) groups is 1. The van der Waals surface area contributed by atoms with Crippen LogP contribution in [0.5, 0.6) is 5.75 Å². The molecule has 2 rings (SSSR count). The number of rotatable bonds is 5. The Labute approximate surface area is 111 Å². The Morgan fingerprint density at radius 2 is 2.05 bits per heavy atom. The van der Waals surface area contributed by atoms with Crippen molar-refractivity contribution >= 4 is 5.97 Å². The molecule has 0 amide bonds. The highest BCUT2D eigenvalue weighted by Crippen LogP contribution is 2.13. The molecule has 0 aliphatic rings. The molecule has 0 atom stereocenters. The molecule has 0 aliphatic heterocycles. The van der Waals surface area contributed by atoms with Gasteiger partial charge in [-0.25, -0.2) is 9.78 Å². The number of methoxy groups -OCH3 is 1. The molecule has 0 radical (unpaired) electrons. The molecule has 0 saturated heterocycles. The number of ether oxygens (including phenoxy) is 2. The lowest BCUT2D eigenvalue weighted by molar-refractivity contribution is 0.0600. The van der Waals surface area contributed by atoms with E-state index < -0.39 is 0 Å². The van der Waals surface area contributed by atoms with Crippen LogP contribution in [-0.2, 0) is 11.3 Å². The van der Waals surface area contributed by atoms with E-state index in [0.29, 0.717) is 12.2 Å². The number of esters is 1. The summed E-state index contributed by atoms with van der Waals surface area (Å²) in [6, 6.07) is 6.88. The number of imidazole rings is 1. The molecule has 0 N–H and O–H groups in total. The van der Waals surface area contributed by atoms with Gasteiger partial charge in [0.2, 0.25) is 0 Å². The Bertz CT molecular complexity index is 546. The lowest BCUT2D eigenvalue weighted by Crippen LogP contribution is -2.09. The van der Waals surface area contributed by atoms with Crippen molar-refractivity contribution in [2.75, 3.05) is 13.7 Å². The summed E-state index contributed by atoms with van der Waals surface area (Å²) in [7, 11) is 1.36. The second kappa shape index (κ2) is 6.04. The number of hydrogen-bond acceptors (Lipinski definition) is 4. The van der Waals surface area contributed by atoms with Gasteiger partial charge in [-0.15, -0.1) is 0 Å². The van der Waals surface area contributed by atoms with Gasteiger partial charge in [-0.1, -0.05) is 0 Å². The summed E-state index contributed by atoms with van der Waals surface area (Å²) >= 11 is 0. The molecule has 1 aromatic carbocycles. The average Bonchev–Trinajstić information content (AvgIpc) is 2.84. The summed E-state index contributed by atoms with van der Waals surface area (Å²) in [5, 5.41) is 0. The molecule has 1 heterocycles. The molecule has 5 heteroatoms. The number of aromatic nitrogens is 2. The molecule has 100 valence electrons. The number of benzene rings is 1. The van der Waals surface area contributed by atoms with Crippen molar-refractivity contribution in [3.8, 4) is 5.75 Å². The largest absolute Gasteiger partial charge is 0.492 e. The highest BCUT2D eigenvalue weighted by atomic mass is 16.5. The summed E-state index contributed by atoms with van der Waals surface area (Å²) in [5.74, 6) is 1.34. The number of nitrogens with zero attached hydrogens (tertiary/aromatic N) is 2. The zero-order valence-electron chi connectivity index (χ0n) is 11.0. The van der Waals surface area contributed by atoms with Crippen LogP contribution in [0.1, 0.15) is 16.2 Å². The fraction of sp³-hybridized carbons (Fsp3) is 0.286. The van der Waals surface area contributed by atoms with Gasteiger partial charge in [-0.2, -0.15) is 0 Å². The van der Waals surface area contributed by atoms with Crippen molar-refractivity contribution in [2.24, 2.45) is 0 Å². The van der Waals surface area contributed by atoms with Gasteiger partial charge in [0, 0.05) is 12.4 Å². The van der Waals surface area contributed by atoms with Crippen LogP contribution in [0.3, 0.4) is 0 Å². The van der Waals surface area contributed by atoms with Crippen molar-refractivity contribution in [3.05, 3.63) is 48.0 Å². The zero-order chi connectivity index (χ0) is 13.7. The normalized spacial score (nSPS) is 10.2. The predicted molar refractivity (Wildman–Crippen MR) is 70.2 cm³/mol. The maximum atomic E-state index is 11.3. The van der Waals surface area contributed by atoms with Crippen LogP contribution < -0.4 is 4.74 Å². The molecule has 5 nitrogen and oxygen atoms in total. The van der Waals surface area contributed by atoms with Crippen LogP contribution in [0, 0.1) is 6.92 Å². The van der Waals surface area contributed by atoms with Crippen molar-refractivity contribution in [1.82, 2.24) is 9.55 Å². The van der Waals surface area contributed by atoms with Crippen LogP contribution in [-0.4, -0.2) is 29.2 Å². The molecular weight excluding hydrogens is 244 g/mol. The lowest BCUT2D eigenvalue weighted by atomic mass is 10.2. The van der Waals surface area contributed by atoms with Crippen molar-refractivity contribution in [3.63, 3.8) is 0 Å². The third kappa shape index (κ3) is 3.34. The van der Waals surface area contributed by atoms with E-state index in [2.05, 4.69) is 9.72 Å². The summed E-state index contributed by atoms with van der Waals surface area (Å²) in [4.78, 5) is 15.4. The van der Waals surface area contributed by atoms with Crippen LogP contribution in [0.2, 0.25) is 0 Å². The average molecular weight is 260 g/mol. The molecule has 0 saturated carbocycles. The van der Waals surface area contributed by atoms with E-state index in [-0.39, 0.29) is 5.97 Å². The van der Waals surface area contributed by atoms with Gasteiger partial charge in [0.25, 0.3) is 0 Å². The van der Waals surface area contributed by atoms with E-state index >= 15 is 0 Å². The first-order chi connectivity index (χ1) is 9.20. The third-order valence-electron chi connectivity index (χ3n) is 2.80. The van der Waals surface area contributed by atoms with Gasteiger partial charge in [0.05, 0.1) is 19.2 Å². The minimum atomic E-state index is -0.347. The minimum absolute atomic E-state index is 0.347. The van der Waals surface area contributed by atoms with Crippen LogP contribution in [0.15, 0.2) is 36.7 Å². The molecule has 0 bridgehead atoms. The molecule has 2 aromatic rings. The number of hydrogen-bond donors (Lipinski definition) is 0. The topological polar surface area (TPSA) is 53.4 Å². The van der Waals surface area contributed by atoms with Crippen molar-refractivity contribution < 1.29 is 14.3 Å². The molecule has 0 aliphatic carbocycles. The molecule has 1 aromatic heterocycles. The standard InChI is InChI=1S/C14H16N2O3/c1-11-15-7-8-16(11)9-10-19-13-5-3-12(4-6-13)14(17)18-2/h3-8H,9-10H2,1-2H3. The van der Waals surface area contributed by atoms with E-state index in [9.17, 15) is 4.79 Å². The maximum absolute atomic E-state index is 11.3. The van der Waals surface area contributed by atoms with Crippen LogP contribution in [0.25, 0.3) is 0 Å². The number of aryl methyl sites for hydroxylation is 1. The Kier molecular flexibility index (Phi) is 4.18. The fourth-order valence-electron chi connectivity index (χ4n) is 1.71.